The lowest BCUT2D eigenvalue weighted by atomic mass is 10.1. The lowest BCUT2D eigenvalue weighted by Gasteiger charge is -2.10. The van der Waals surface area contributed by atoms with Crippen LogP contribution in [0.3, 0.4) is 0 Å². The summed E-state index contributed by atoms with van der Waals surface area (Å²) in [5, 5.41) is 6.43. The number of nitrogens with one attached hydrogen (secondary N) is 1. The first-order valence-electron chi connectivity index (χ1n) is 5.70. The molecular formula is C13H15N3O3. The van der Waals surface area contributed by atoms with Gasteiger partial charge in [-0.1, -0.05) is 0 Å². The number of methoxy groups -OCH3 is 2. The molecule has 6 heteroatoms. The van der Waals surface area contributed by atoms with E-state index < -0.39 is 0 Å². The third-order valence-electron chi connectivity index (χ3n) is 2.79. The van der Waals surface area contributed by atoms with Gasteiger partial charge in [0.05, 0.1) is 19.9 Å². The standard InChI is InChI=1S/C13H15N3O3/c1-18-9-3-4-10(12(6-9)19-2)11-5-8(7-14)13(17)16-15-11/h3-6H,7,14H2,1-2H3,(H,16,17). The third kappa shape index (κ3) is 2.58. The van der Waals surface area contributed by atoms with Crippen LogP contribution < -0.4 is 20.8 Å². The molecule has 0 saturated carbocycles. The molecule has 0 spiro atoms. The van der Waals surface area contributed by atoms with E-state index in [2.05, 4.69) is 10.2 Å². The highest BCUT2D eigenvalue weighted by molar-refractivity contribution is 5.68. The number of hydrogen-bond acceptors (Lipinski definition) is 5. The number of H-pyrrole nitrogens is 1. The summed E-state index contributed by atoms with van der Waals surface area (Å²) in [5.74, 6) is 1.30. The number of hydrogen-bond donors (Lipinski definition) is 2. The molecule has 0 saturated heterocycles. The summed E-state index contributed by atoms with van der Waals surface area (Å²) >= 11 is 0. The van der Waals surface area contributed by atoms with Crippen molar-refractivity contribution in [2.75, 3.05) is 14.2 Å². The van der Waals surface area contributed by atoms with Crippen LogP contribution in [0, 0.1) is 0 Å². The van der Waals surface area contributed by atoms with Crippen LogP contribution in [0.5, 0.6) is 11.5 Å². The van der Waals surface area contributed by atoms with Crippen molar-refractivity contribution in [1.29, 1.82) is 0 Å². The van der Waals surface area contributed by atoms with Gasteiger partial charge in [-0.25, -0.2) is 5.10 Å². The van der Waals surface area contributed by atoms with Crippen LogP contribution in [0.4, 0.5) is 0 Å². The van der Waals surface area contributed by atoms with Crippen molar-refractivity contribution in [2.24, 2.45) is 5.73 Å². The minimum atomic E-state index is -0.279. The van der Waals surface area contributed by atoms with Gasteiger partial charge in [0.15, 0.2) is 0 Å². The van der Waals surface area contributed by atoms with Gasteiger partial charge >= 0.3 is 0 Å². The molecule has 0 aliphatic heterocycles. The highest BCUT2D eigenvalue weighted by Crippen LogP contribution is 2.31. The Morgan fingerprint density at radius 1 is 1.26 bits per heavy atom. The van der Waals surface area contributed by atoms with E-state index in [1.54, 1.807) is 32.4 Å². The molecule has 19 heavy (non-hydrogen) atoms. The van der Waals surface area contributed by atoms with Crippen LogP contribution >= 0.6 is 0 Å². The molecule has 0 aliphatic carbocycles. The fourth-order valence-corrected chi connectivity index (χ4v) is 1.75. The molecule has 1 heterocycles. The highest BCUT2D eigenvalue weighted by atomic mass is 16.5. The fourth-order valence-electron chi connectivity index (χ4n) is 1.75. The Morgan fingerprint density at radius 2 is 2.05 bits per heavy atom. The van der Waals surface area contributed by atoms with Crippen LogP contribution in [-0.2, 0) is 6.54 Å². The molecule has 0 fully saturated rings. The van der Waals surface area contributed by atoms with E-state index in [0.717, 1.165) is 5.56 Å². The predicted molar refractivity (Wildman–Crippen MR) is 71.3 cm³/mol. The topological polar surface area (TPSA) is 90.2 Å². The van der Waals surface area contributed by atoms with Gasteiger partial charge in [0.25, 0.3) is 5.56 Å². The van der Waals surface area contributed by atoms with Crippen molar-refractivity contribution in [3.05, 3.63) is 40.2 Å². The number of benzene rings is 1. The number of rotatable bonds is 4. The smallest absolute Gasteiger partial charge is 0.268 e. The molecule has 0 atom stereocenters. The van der Waals surface area contributed by atoms with Gasteiger partial charge in [-0.15, -0.1) is 0 Å². The Morgan fingerprint density at radius 3 is 2.68 bits per heavy atom. The van der Waals surface area contributed by atoms with Crippen molar-refractivity contribution in [1.82, 2.24) is 10.2 Å². The van der Waals surface area contributed by atoms with Gasteiger partial charge in [0.1, 0.15) is 11.5 Å². The molecule has 0 aliphatic rings. The summed E-state index contributed by atoms with van der Waals surface area (Å²) in [6, 6.07) is 7.03. The molecule has 1 aromatic carbocycles. The number of aromatic nitrogens is 2. The minimum absolute atomic E-state index is 0.156. The summed E-state index contributed by atoms with van der Waals surface area (Å²) in [5.41, 5.74) is 7.07. The Bertz CT molecular complexity index is 637. The normalized spacial score (nSPS) is 10.3. The van der Waals surface area contributed by atoms with Crippen molar-refractivity contribution in [2.45, 2.75) is 6.54 Å². The van der Waals surface area contributed by atoms with E-state index in [0.29, 0.717) is 22.8 Å². The van der Waals surface area contributed by atoms with Crippen LogP contribution in [-0.4, -0.2) is 24.4 Å². The quantitative estimate of drug-likeness (QED) is 0.853. The van der Waals surface area contributed by atoms with Crippen LogP contribution in [0.25, 0.3) is 11.3 Å². The number of nitrogens with zero attached hydrogens (tertiary/aromatic N) is 1. The average Bonchev–Trinajstić information content (AvgIpc) is 2.47. The van der Waals surface area contributed by atoms with Crippen LogP contribution in [0.15, 0.2) is 29.1 Å². The van der Waals surface area contributed by atoms with E-state index in [-0.39, 0.29) is 12.1 Å². The van der Waals surface area contributed by atoms with Crippen molar-refractivity contribution >= 4 is 0 Å². The zero-order valence-corrected chi connectivity index (χ0v) is 10.8. The lowest BCUT2D eigenvalue weighted by molar-refractivity contribution is 0.395. The van der Waals surface area contributed by atoms with Gasteiger partial charge in [0.2, 0.25) is 0 Å². The monoisotopic (exact) mass is 261 g/mol. The Balaban J connectivity index is 2.55. The van der Waals surface area contributed by atoms with E-state index in [9.17, 15) is 4.79 Å². The third-order valence-corrected chi connectivity index (χ3v) is 2.79. The zero-order valence-electron chi connectivity index (χ0n) is 10.8. The zero-order chi connectivity index (χ0) is 13.8. The second-order valence-corrected chi connectivity index (χ2v) is 3.88. The molecule has 0 bridgehead atoms. The summed E-state index contributed by atoms with van der Waals surface area (Å²) < 4.78 is 10.4. The first-order chi connectivity index (χ1) is 9.19. The molecule has 1 aromatic heterocycles. The maximum absolute atomic E-state index is 11.4. The molecule has 2 aromatic rings. The molecule has 0 radical (unpaired) electrons. The van der Waals surface area contributed by atoms with Crippen molar-refractivity contribution < 1.29 is 9.47 Å². The summed E-state index contributed by atoms with van der Waals surface area (Å²) in [7, 11) is 3.15. The largest absolute Gasteiger partial charge is 0.497 e. The SMILES string of the molecule is COc1ccc(-c2cc(CN)c(=O)[nH]n2)c(OC)c1. The molecule has 2 rings (SSSR count). The van der Waals surface area contributed by atoms with Gasteiger partial charge in [-0.2, -0.15) is 5.10 Å². The van der Waals surface area contributed by atoms with E-state index in [4.69, 9.17) is 15.2 Å². The van der Waals surface area contributed by atoms with Gasteiger partial charge < -0.3 is 15.2 Å². The lowest BCUT2D eigenvalue weighted by Crippen LogP contribution is -2.17. The maximum Gasteiger partial charge on any atom is 0.268 e. The summed E-state index contributed by atoms with van der Waals surface area (Å²) in [6.45, 7) is 0.156. The van der Waals surface area contributed by atoms with E-state index in [1.165, 1.54) is 0 Å². The van der Waals surface area contributed by atoms with Crippen LogP contribution in [0.2, 0.25) is 0 Å². The number of nitrogens with two attached hydrogens (primary N) is 1. The average molecular weight is 261 g/mol. The second-order valence-electron chi connectivity index (χ2n) is 3.88. The van der Waals surface area contributed by atoms with Crippen molar-refractivity contribution in [3.63, 3.8) is 0 Å². The van der Waals surface area contributed by atoms with Gasteiger partial charge in [-0.3, -0.25) is 4.79 Å². The predicted octanol–water partition coefficient (Wildman–Crippen LogP) is 0.913. The first-order valence-corrected chi connectivity index (χ1v) is 5.70. The number of ether oxygens (including phenoxy) is 2. The Kier molecular flexibility index (Phi) is 3.82. The molecule has 100 valence electrons. The fraction of sp³-hybridized carbons (Fsp3) is 0.231. The Hall–Kier alpha value is -2.34. The maximum atomic E-state index is 11.4. The van der Waals surface area contributed by atoms with Crippen molar-refractivity contribution in [3.8, 4) is 22.8 Å². The van der Waals surface area contributed by atoms with Crippen LogP contribution in [0.1, 0.15) is 5.56 Å². The second kappa shape index (κ2) is 5.53. The molecule has 6 nitrogen and oxygen atoms in total. The summed E-state index contributed by atoms with van der Waals surface area (Å²) in [4.78, 5) is 11.4. The molecule has 3 N–H and O–H groups in total. The molecule has 0 unspecified atom stereocenters. The highest BCUT2D eigenvalue weighted by Gasteiger charge is 2.10. The number of aromatic amines is 1. The summed E-state index contributed by atoms with van der Waals surface area (Å²) in [6.07, 6.45) is 0. The first kappa shape index (κ1) is 13.1. The molecular weight excluding hydrogens is 246 g/mol. The Labute approximate surface area is 110 Å². The minimum Gasteiger partial charge on any atom is -0.497 e. The van der Waals surface area contributed by atoms with E-state index >= 15 is 0 Å². The molecule has 0 amide bonds. The van der Waals surface area contributed by atoms with Gasteiger partial charge in [-0.05, 0) is 18.2 Å². The van der Waals surface area contributed by atoms with Gasteiger partial charge in [0, 0.05) is 23.7 Å². The van der Waals surface area contributed by atoms with E-state index in [1.807, 2.05) is 6.07 Å².